The molecule has 0 N–H and O–H groups in total. The van der Waals surface area contributed by atoms with Gasteiger partial charge in [0.05, 0.1) is 5.92 Å². The van der Waals surface area contributed by atoms with Crippen LogP contribution in [0.25, 0.3) is 5.57 Å². The van der Waals surface area contributed by atoms with Gasteiger partial charge in [-0.25, -0.2) is 0 Å². The number of benzene rings is 1. The standard InChI is InChI=1S/C17H18/c1-4-14(5-2)10-11-15-12-13(3)16-8-6-7-9-17(15)16/h4,6-9,12,15H,5H2,1-3H3. The van der Waals surface area contributed by atoms with E-state index in [2.05, 4.69) is 69.0 Å². The quantitative estimate of drug-likeness (QED) is 0.612. The van der Waals surface area contributed by atoms with Crippen molar-refractivity contribution in [2.24, 2.45) is 0 Å². The molecule has 1 atom stereocenters. The topological polar surface area (TPSA) is 0 Å². The van der Waals surface area contributed by atoms with Gasteiger partial charge in [-0.3, -0.25) is 0 Å². The molecule has 1 aromatic rings. The molecule has 0 radical (unpaired) electrons. The Morgan fingerprint density at radius 3 is 2.82 bits per heavy atom. The molecule has 0 spiro atoms. The third-order valence-electron chi connectivity index (χ3n) is 3.25. The Morgan fingerprint density at radius 1 is 1.35 bits per heavy atom. The predicted octanol–water partition coefficient (Wildman–Crippen LogP) is 4.55. The Hall–Kier alpha value is -1.74. The summed E-state index contributed by atoms with van der Waals surface area (Å²) in [6, 6.07) is 8.55. The summed E-state index contributed by atoms with van der Waals surface area (Å²) in [7, 11) is 0. The average Bonchev–Trinajstić information content (AvgIpc) is 2.69. The van der Waals surface area contributed by atoms with E-state index in [0.717, 1.165) is 6.42 Å². The van der Waals surface area contributed by atoms with E-state index in [1.54, 1.807) is 0 Å². The SMILES string of the molecule is CC=C(C#CC1C=C(C)c2ccccc21)CC. The molecule has 0 nitrogen and oxygen atoms in total. The predicted molar refractivity (Wildman–Crippen MR) is 74.7 cm³/mol. The first kappa shape index (κ1) is 11.7. The van der Waals surface area contributed by atoms with Gasteiger partial charge in [-0.2, -0.15) is 0 Å². The van der Waals surface area contributed by atoms with E-state index in [-0.39, 0.29) is 5.92 Å². The Labute approximate surface area is 104 Å². The normalized spacial score (nSPS) is 18.2. The molecule has 0 bridgehead atoms. The van der Waals surface area contributed by atoms with Crippen molar-refractivity contribution in [1.82, 2.24) is 0 Å². The highest BCUT2D eigenvalue weighted by Crippen LogP contribution is 2.34. The zero-order chi connectivity index (χ0) is 12.3. The zero-order valence-electron chi connectivity index (χ0n) is 10.7. The molecule has 0 heterocycles. The van der Waals surface area contributed by atoms with Crippen LogP contribution in [0.15, 0.2) is 42.0 Å². The van der Waals surface area contributed by atoms with Crippen molar-refractivity contribution in [3.8, 4) is 11.8 Å². The molecule has 0 aromatic heterocycles. The van der Waals surface area contributed by atoms with Crippen LogP contribution < -0.4 is 0 Å². The molecule has 0 heteroatoms. The summed E-state index contributed by atoms with van der Waals surface area (Å²) in [6.45, 7) is 6.36. The number of fused-ring (bicyclic) bond motifs is 1. The third kappa shape index (κ3) is 2.34. The van der Waals surface area contributed by atoms with Crippen molar-refractivity contribution in [1.29, 1.82) is 0 Å². The first-order valence-electron chi connectivity index (χ1n) is 6.20. The lowest BCUT2D eigenvalue weighted by atomic mass is 10.0. The van der Waals surface area contributed by atoms with E-state index in [1.165, 1.54) is 22.3 Å². The maximum Gasteiger partial charge on any atom is 0.0648 e. The minimum Gasteiger partial charge on any atom is -0.0858 e. The third-order valence-corrected chi connectivity index (χ3v) is 3.25. The number of rotatable bonds is 1. The summed E-state index contributed by atoms with van der Waals surface area (Å²) in [5.41, 5.74) is 5.27. The van der Waals surface area contributed by atoms with E-state index in [0.29, 0.717) is 0 Å². The van der Waals surface area contributed by atoms with E-state index in [9.17, 15) is 0 Å². The largest absolute Gasteiger partial charge is 0.0858 e. The molecule has 0 amide bonds. The van der Waals surface area contributed by atoms with Crippen LogP contribution in [0.4, 0.5) is 0 Å². The highest BCUT2D eigenvalue weighted by Gasteiger charge is 2.18. The second-order valence-electron chi connectivity index (χ2n) is 4.35. The second-order valence-corrected chi connectivity index (χ2v) is 4.35. The van der Waals surface area contributed by atoms with E-state index in [1.807, 2.05) is 0 Å². The van der Waals surface area contributed by atoms with E-state index >= 15 is 0 Å². The average molecular weight is 222 g/mol. The van der Waals surface area contributed by atoms with Gasteiger partial charge in [0.15, 0.2) is 0 Å². The maximum atomic E-state index is 3.38. The van der Waals surface area contributed by atoms with Crippen LogP contribution >= 0.6 is 0 Å². The first-order chi connectivity index (χ1) is 8.26. The molecule has 86 valence electrons. The van der Waals surface area contributed by atoms with Crippen LogP contribution in [0, 0.1) is 11.8 Å². The Kier molecular flexibility index (Phi) is 3.49. The number of hydrogen-bond acceptors (Lipinski definition) is 0. The van der Waals surface area contributed by atoms with E-state index in [4.69, 9.17) is 0 Å². The fourth-order valence-corrected chi connectivity index (χ4v) is 2.21. The van der Waals surface area contributed by atoms with Gasteiger partial charge in [-0.1, -0.05) is 55.2 Å². The lowest BCUT2D eigenvalue weighted by molar-refractivity contribution is 1.13. The Morgan fingerprint density at radius 2 is 2.12 bits per heavy atom. The van der Waals surface area contributed by atoms with Gasteiger partial charge in [0.25, 0.3) is 0 Å². The van der Waals surface area contributed by atoms with E-state index < -0.39 is 0 Å². The van der Waals surface area contributed by atoms with Crippen LogP contribution in [-0.2, 0) is 0 Å². The number of hydrogen-bond donors (Lipinski definition) is 0. The van der Waals surface area contributed by atoms with Crippen LogP contribution in [0.2, 0.25) is 0 Å². The molecule has 0 saturated heterocycles. The molecule has 1 unspecified atom stereocenters. The lowest BCUT2D eigenvalue weighted by Gasteiger charge is -2.03. The molecule has 0 fully saturated rings. The highest BCUT2D eigenvalue weighted by atomic mass is 14.2. The van der Waals surface area contributed by atoms with Gasteiger partial charge in [0.1, 0.15) is 0 Å². The van der Waals surface area contributed by atoms with Crippen LogP contribution in [0.1, 0.15) is 44.2 Å². The summed E-state index contributed by atoms with van der Waals surface area (Å²) in [5, 5.41) is 0. The number of allylic oxidation sites excluding steroid dienone is 4. The maximum absolute atomic E-state index is 3.38. The molecule has 1 aromatic carbocycles. The minimum absolute atomic E-state index is 0.271. The van der Waals surface area contributed by atoms with Crippen LogP contribution in [-0.4, -0.2) is 0 Å². The fourth-order valence-electron chi connectivity index (χ4n) is 2.21. The van der Waals surface area contributed by atoms with Crippen molar-refractivity contribution < 1.29 is 0 Å². The van der Waals surface area contributed by atoms with Crippen LogP contribution in [0.5, 0.6) is 0 Å². The summed E-state index contributed by atoms with van der Waals surface area (Å²) < 4.78 is 0. The van der Waals surface area contributed by atoms with Crippen molar-refractivity contribution in [2.75, 3.05) is 0 Å². The van der Waals surface area contributed by atoms with Crippen LogP contribution in [0.3, 0.4) is 0 Å². The molecule has 2 rings (SSSR count). The monoisotopic (exact) mass is 222 g/mol. The zero-order valence-corrected chi connectivity index (χ0v) is 10.7. The van der Waals surface area contributed by atoms with Crippen molar-refractivity contribution in [3.05, 3.63) is 53.1 Å². The van der Waals surface area contributed by atoms with Gasteiger partial charge in [-0.15, -0.1) is 0 Å². The van der Waals surface area contributed by atoms with Gasteiger partial charge in [-0.05, 0) is 42.5 Å². The Bertz CT molecular complexity index is 533. The Balaban J connectivity index is 2.32. The first-order valence-corrected chi connectivity index (χ1v) is 6.20. The molecule has 17 heavy (non-hydrogen) atoms. The molecule has 0 saturated carbocycles. The van der Waals surface area contributed by atoms with Crippen molar-refractivity contribution in [2.45, 2.75) is 33.1 Å². The second kappa shape index (κ2) is 5.06. The summed E-state index contributed by atoms with van der Waals surface area (Å²) in [4.78, 5) is 0. The lowest BCUT2D eigenvalue weighted by Crippen LogP contribution is -1.89. The van der Waals surface area contributed by atoms with Crippen molar-refractivity contribution >= 4 is 5.57 Å². The van der Waals surface area contributed by atoms with Gasteiger partial charge < -0.3 is 0 Å². The van der Waals surface area contributed by atoms with Gasteiger partial charge in [0, 0.05) is 0 Å². The van der Waals surface area contributed by atoms with Crippen molar-refractivity contribution in [3.63, 3.8) is 0 Å². The fraction of sp³-hybridized carbons (Fsp3) is 0.294. The molecular weight excluding hydrogens is 204 g/mol. The highest BCUT2D eigenvalue weighted by molar-refractivity contribution is 5.74. The molecular formula is C17H18. The molecule has 1 aliphatic rings. The van der Waals surface area contributed by atoms with Gasteiger partial charge >= 0.3 is 0 Å². The molecule has 0 aliphatic heterocycles. The smallest absolute Gasteiger partial charge is 0.0648 e. The van der Waals surface area contributed by atoms with Gasteiger partial charge in [0.2, 0.25) is 0 Å². The summed E-state index contributed by atoms with van der Waals surface area (Å²) in [6.07, 6.45) is 5.38. The summed E-state index contributed by atoms with van der Waals surface area (Å²) >= 11 is 0. The summed E-state index contributed by atoms with van der Waals surface area (Å²) in [5.74, 6) is 6.94. The molecule has 1 aliphatic carbocycles. The minimum atomic E-state index is 0.271.